The van der Waals surface area contributed by atoms with Crippen LogP contribution in [0.2, 0.25) is 0 Å². The zero-order chi connectivity index (χ0) is 19.5. The van der Waals surface area contributed by atoms with Crippen LogP contribution in [0.5, 0.6) is 0 Å². The molecule has 0 spiro atoms. The Bertz CT molecular complexity index is 509. The second-order valence-electron chi connectivity index (χ2n) is 3.82. The SMILES string of the molecule is O=C([O-])CN([CH-]N(CC(=O)[O-])CC(=O)[O-])CC(=O)[O-].O=S(=O)([O-])[O-].[Fe+2].[Fe+2].[Fe+2].[Na+].[Na+]. The van der Waals surface area contributed by atoms with E-state index in [1.807, 2.05) is 0 Å². The molecule has 0 saturated carbocycles. The minimum absolute atomic E-state index is 0. The van der Waals surface area contributed by atoms with Gasteiger partial charge in [0.2, 0.25) is 0 Å². The molecule has 0 N–H and O–H groups in total. The predicted octanol–water partition coefficient (Wildman–Crippen LogP) is -14.6. The van der Waals surface area contributed by atoms with Crippen LogP contribution in [0, 0.1) is 6.67 Å². The number of hydrogen-bond donors (Lipinski definition) is 0. The van der Waals surface area contributed by atoms with Crippen molar-refractivity contribution in [2.75, 3.05) is 26.2 Å². The summed E-state index contributed by atoms with van der Waals surface area (Å²) in [5.74, 6) is -6.56. The standard InChI is InChI=1S/C9H13N2O8.3Fe.2Na.H2O4S/c12-6(13)1-10(2-7(14)15)5-11(3-8(16)17)4-9(18)19;;;;;;1-5(2,3)4/h5H,1-4H2,(H,12,13)(H,14,15)(H,16,17)(H,18,19);;;;;;(H2,1,2,3,4)/q-1;3*+2;2*+1;/p-6. The van der Waals surface area contributed by atoms with Gasteiger partial charge in [-0.3, -0.25) is 8.42 Å². The van der Waals surface area contributed by atoms with Crippen LogP contribution >= 0.6 is 0 Å². The molecule has 0 rings (SSSR count). The molecule has 0 aliphatic carbocycles. The normalized spacial score (nSPS) is 8.97. The van der Waals surface area contributed by atoms with E-state index >= 15 is 0 Å². The third kappa shape index (κ3) is 48.1. The van der Waals surface area contributed by atoms with Crippen LogP contribution in [0.1, 0.15) is 0 Å². The molecule has 0 aliphatic rings. The van der Waals surface area contributed by atoms with Crippen molar-refractivity contribution in [3.8, 4) is 0 Å². The van der Waals surface area contributed by atoms with E-state index in [1.165, 1.54) is 0 Å². The Labute approximate surface area is 241 Å². The van der Waals surface area contributed by atoms with Crippen molar-refractivity contribution in [3.63, 3.8) is 0 Å². The molecule has 0 unspecified atom stereocenters. The fourth-order valence-corrected chi connectivity index (χ4v) is 1.17. The van der Waals surface area contributed by atoms with E-state index in [0.29, 0.717) is 16.5 Å². The molecular weight excluding hydrogens is 574 g/mol. The van der Waals surface area contributed by atoms with Gasteiger partial charge in [-0.2, -0.15) is 0 Å². The molecule has 0 aromatic heterocycles. The quantitative estimate of drug-likeness (QED) is 0.100. The van der Waals surface area contributed by atoms with Crippen LogP contribution in [-0.2, 0) is 80.8 Å². The van der Waals surface area contributed by atoms with E-state index in [0.717, 1.165) is 0 Å². The molecule has 0 aromatic rings. The van der Waals surface area contributed by atoms with Crippen LogP contribution in [0.15, 0.2) is 0 Å². The molecule has 0 atom stereocenters. The van der Waals surface area contributed by atoms with Gasteiger partial charge in [0.25, 0.3) is 0 Å². The van der Waals surface area contributed by atoms with Crippen molar-refractivity contribution >= 4 is 34.3 Å². The summed E-state index contributed by atoms with van der Waals surface area (Å²) in [6.07, 6.45) is 0. The Morgan fingerprint density at radius 3 is 0.862 bits per heavy atom. The molecule has 0 aromatic carbocycles. The van der Waals surface area contributed by atoms with Crippen LogP contribution in [0.3, 0.4) is 0 Å². The summed E-state index contributed by atoms with van der Waals surface area (Å²) >= 11 is 0. The van der Waals surface area contributed by atoms with Crippen LogP contribution < -0.4 is 79.5 Å². The van der Waals surface area contributed by atoms with Crippen LogP contribution in [0.25, 0.3) is 0 Å². The molecule has 0 bridgehead atoms. The van der Waals surface area contributed by atoms with Gasteiger partial charge in [0.15, 0.2) is 0 Å². The zero-order valence-electron chi connectivity index (χ0n) is 14.7. The molecule has 0 heterocycles. The van der Waals surface area contributed by atoms with Gasteiger partial charge < -0.3 is 58.5 Å². The van der Waals surface area contributed by atoms with E-state index < -0.39 is 60.5 Å². The molecular formula is C9H9Fe3N2Na2O12S+. The first-order valence-corrected chi connectivity index (χ1v) is 6.83. The fourth-order valence-electron chi connectivity index (χ4n) is 1.17. The van der Waals surface area contributed by atoms with Crippen molar-refractivity contribution in [2.45, 2.75) is 0 Å². The monoisotopic (exact) mass is 583 g/mol. The maximum Gasteiger partial charge on any atom is 2.00 e. The van der Waals surface area contributed by atoms with Gasteiger partial charge in [0.05, 0.1) is 23.9 Å². The van der Waals surface area contributed by atoms with Gasteiger partial charge in [0, 0.05) is 36.6 Å². The second-order valence-corrected chi connectivity index (χ2v) is 4.64. The summed E-state index contributed by atoms with van der Waals surface area (Å²) in [6, 6.07) is 0. The molecule has 29 heavy (non-hydrogen) atoms. The van der Waals surface area contributed by atoms with E-state index in [-0.39, 0.29) is 110 Å². The first-order chi connectivity index (χ1) is 10.7. The number of nitrogens with zero attached hydrogens (tertiary/aromatic N) is 2. The smallest absolute Gasteiger partial charge is 0.759 e. The number of carbonyl (C=O) groups excluding carboxylic acids is 4. The van der Waals surface area contributed by atoms with Crippen molar-refractivity contribution in [1.82, 2.24) is 9.80 Å². The maximum atomic E-state index is 10.4. The first kappa shape index (κ1) is 47.9. The fraction of sp³-hybridized carbons (Fsp3) is 0.444. The Morgan fingerprint density at radius 1 is 0.621 bits per heavy atom. The summed E-state index contributed by atoms with van der Waals surface area (Å²) in [4.78, 5) is 42.6. The zero-order valence-corrected chi connectivity index (χ0v) is 22.8. The van der Waals surface area contributed by atoms with Gasteiger partial charge in [-0.25, -0.2) is 6.67 Å². The number of carbonyl (C=O) groups is 4. The number of aliphatic carboxylic acids is 4. The Morgan fingerprint density at radius 2 is 0.759 bits per heavy atom. The molecule has 0 aliphatic heterocycles. The summed E-state index contributed by atoms with van der Waals surface area (Å²) in [5, 5.41) is 41.4. The van der Waals surface area contributed by atoms with E-state index in [9.17, 15) is 39.6 Å². The molecule has 20 heteroatoms. The third-order valence-electron chi connectivity index (χ3n) is 1.66. The molecule has 0 radical (unpaired) electrons. The predicted molar refractivity (Wildman–Crippen MR) is 57.9 cm³/mol. The largest absolute Gasteiger partial charge is 2.00 e. The average Bonchev–Trinajstić information content (AvgIpc) is 2.21. The first-order valence-electron chi connectivity index (χ1n) is 5.50. The van der Waals surface area contributed by atoms with Gasteiger partial charge in [0.1, 0.15) is 0 Å². The van der Waals surface area contributed by atoms with Gasteiger partial charge in [-0.1, -0.05) is 0 Å². The Balaban J connectivity index is -0.0000000865. The topological polar surface area (TPSA) is 247 Å². The van der Waals surface area contributed by atoms with Crippen molar-refractivity contribution < 1.29 is 167 Å². The molecule has 158 valence electrons. The van der Waals surface area contributed by atoms with Crippen molar-refractivity contribution in [2.24, 2.45) is 0 Å². The van der Waals surface area contributed by atoms with E-state index in [1.54, 1.807) is 0 Å². The summed E-state index contributed by atoms with van der Waals surface area (Å²) in [5.41, 5.74) is 0. The third-order valence-corrected chi connectivity index (χ3v) is 1.66. The molecule has 0 amide bonds. The minimum Gasteiger partial charge on any atom is -0.759 e. The number of hydrogen-bond acceptors (Lipinski definition) is 14. The van der Waals surface area contributed by atoms with Crippen LogP contribution in [0.4, 0.5) is 0 Å². The molecule has 14 nitrogen and oxygen atoms in total. The maximum absolute atomic E-state index is 10.4. The molecule has 0 saturated heterocycles. The minimum atomic E-state index is -5.17. The Hall–Kier alpha value is 1.23. The van der Waals surface area contributed by atoms with Gasteiger partial charge >= 0.3 is 110 Å². The Kier molecular flexibility index (Phi) is 42.1. The van der Waals surface area contributed by atoms with Gasteiger partial charge in [-0.05, 0) is 0 Å². The average molecular weight is 583 g/mol. The summed E-state index contributed by atoms with van der Waals surface area (Å²) in [7, 11) is -5.17. The van der Waals surface area contributed by atoms with Gasteiger partial charge in [-0.15, -0.1) is 0 Å². The van der Waals surface area contributed by atoms with Crippen LogP contribution in [-0.4, -0.2) is 77.4 Å². The van der Waals surface area contributed by atoms with Crippen molar-refractivity contribution in [1.29, 1.82) is 0 Å². The number of rotatable bonds is 10. The number of carboxylic acid groups (broad SMARTS) is 4. The second kappa shape index (κ2) is 25.5. The molecule has 0 fully saturated rings. The van der Waals surface area contributed by atoms with Crippen molar-refractivity contribution in [3.05, 3.63) is 6.67 Å². The summed E-state index contributed by atoms with van der Waals surface area (Å²) < 4.78 is 34.1. The summed E-state index contributed by atoms with van der Waals surface area (Å²) in [6.45, 7) is -2.83. The number of carboxylic acids is 4. The van der Waals surface area contributed by atoms with E-state index in [4.69, 9.17) is 17.5 Å². The van der Waals surface area contributed by atoms with E-state index in [2.05, 4.69) is 0 Å².